The normalized spacial score (nSPS) is 33.3. The summed E-state index contributed by atoms with van der Waals surface area (Å²) >= 11 is 0. The molecule has 2 aliphatic rings. The third-order valence-corrected chi connectivity index (χ3v) is 5.00. The predicted molar refractivity (Wildman–Crippen MR) is 91.0 cm³/mol. The number of rotatable bonds is 5. The van der Waals surface area contributed by atoms with Crippen molar-refractivity contribution in [1.29, 1.82) is 0 Å². The molecule has 1 N–H and O–H groups in total. The fourth-order valence-electron chi connectivity index (χ4n) is 3.40. The largest absolute Gasteiger partial charge is 0.491 e. The molecular weight excluding hydrogens is 340 g/mol. The number of cyclic esters (lactones) is 1. The van der Waals surface area contributed by atoms with Gasteiger partial charge in [-0.25, -0.2) is 9.59 Å². The first-order valence-electron chi connectivity index (χ1n) is 8.53. The average Bonchev–Trinajstić information content (AvgIpc) is 3.12. The van der Waals surface area contributed by atoms with Gasteiger partial charge in [0.25, 0.3) is 0 Å². The van der Waals surface area contributed by atoms with Crippen LogP contribution in [-0.4, -0.2) is 41.1 Å². The minimum Gasteiger partial charge on any atom is -0.491 e. The summed E-state index contributed by atoms with van der Waals surface area (Å²) in [4.78, 5) is 22.9. The second-order valence-corrected chi connectivity index (χ2v) is 7.39. The number of carbonyl (C=O) groups excluding carboxylic acids is 1. The zero-order chi connectivity index (χ0) is 18.5. The molecule has 0 spiro atoms. The van der Waals surface area contributed by atoms with E-state index in [0.717, 1.165) is 5.39 Å². The van der Waals surface area contributed by atoms with Crippen molar-refractivity contribution in [3.8, 4) is 5.75 Å². The lowest BCUT2D eigenvalue weighted by Gasteiger charge is -2.13. The maximum Gasteiger partial charge on any atom is 0.338 e. The minimum absolute atomic E-state index is 0.134. The summed E-state index contributed by atoms with van der Waals surface area (Å²) < 4.78 is 21.8. The molecule has 2 saturated heterocycles. The van der Waals surface area contributed by atoms with Crippen LogP contribution in [-0.2, 0) is 14.3 Å². The number of aliphatic hydroxyl groups is 1. The van der Waals surface area contributed by atoms with Gasteiger partial charge in [-0.3, -0.25) is 0 Å². The Morgan fingerprint density at radius 1 is 1.23 bits per heavy atom. The van der Waals surface area contributed by atoms with Crippen LogP contribution >= 0.6 is 0 Å². The van der Waals surface area contributed by atoms with Gasteiger partial charge in [0.15, 0.2) is 5.60 Å². The number of ether oxygens (including phenoxy) is 3. The molecular formula is C19H20O7. The van der Waals surface area contributed by atoms with Crippen LogP contribution in [0.25, 0.3) is 11.0 Å². The van der Waals surface area contributed by atoms with Crippen LogP contribution in [0.1, 0.15) is 26.7 Å². The molecule has 7 nitrogen and oxygen atoms in total. The molecule has 1 aromatic carbocycles. The Bertz CT molecular complexity index is 915. The molecule has 4 rings (SSSR count). The SMILES string of the molecule is C[C@@]1(O)C[C@@H](C[C@]2(C)O[C@@H]2COc2ccc3ccc(=O)oc3c2)OC1=O. The summed E-state index contributed by atoms with van der Waals surface area (Å²) in [6.45, 7) is 3.72. The third kappa shape index (κ3) is 3.20. The predicted octanol–water partition coefficient (Wildman–Crippen LogP) is 1.79. The lowest BCUT2D eigenvalue weighted by atomic mass is 9.94. The summed E-state index contributed by atoms with van der Waals surface area (Å²) in [5.41, 5.74) is -1.81. The zero-order valence-electron chi connectivity index (χ0n) is 14.6. The molecule has 0 radical (unpaired) electrons. The van der Waals surface area contributed by atoms with Gasteiger partial charge in [0.05, 0.1) is 5.60 Å². The van der Waals surface area contributed by atoms with E-state index in [9.17, 15) is 14.7 Å². The van der Waals surface area contributed by atoms with Crippen LogP contribution < -0.4 is 10.4 Å². The van der Waals surface area contributed by atoms with Gasteiger partial charge in [-0.2, -0.15) is 0 Å². The molecule has 2 aromatic rings. The third-order valence-electron chi connectivity index (χ3n) is 5.00. The maximum atomic E-state index is 11.6. The van der Waals surface area contributed by atoms with Crippen LogP contribution in [0.2, 0.25) is 0 Å². The first-order valence-corrected chi connectivity index (χ1v) is 8.53. The number of benzene rings is 1. The Morgan fingerprint density at radius 3 is 2.73 bits per heavy atom. The van der Waals surface area contributed by atoms with E-state index in [4.69, 9.17) is 18.6 Å². The van der Waals surface area contributed by atoms with Crippen molar-refractivity contribution in [2.75, 3.05) is 6.61 Å². The fraction of sp³-hybridized carbons (Fsp3) is 0.474. The van der Waals surface area contributed by atoms with Gasteiger partial charge in [0.1, 0.15) is 30.1 Å². The highest BCUT2D eigenvalue weighted by Crippen LogP contribution is 2.43. The van der Waals surface area contributed by atoms with E-state index in [1.54, 1.807) is 18.2 Å². The van der Waals surface area contributed by atoms with Gasteiger partial charge < -0.3 is 23.7 Å². The number of carbonyl (C=O) groups is 1. The molecule has 0 aliphatic carbocycles. The first-order chi connectivity index (χ1) is 12.2. The molecule has 0 unspecified atom stereocenters. The molecule has 4 atom stereocenters. The Morgan fingerprint density at radius 2 is 2.00 bits per heavy atom. The van der Waals surface area contributed by atoms with Gasteiger partial charge in [-0.1, -0.05) is 0 Å². The summed E-state index contributed by atoms with van der Waals surface area (Å²) in [5.74, 6) is -0.00265. The lowest BCUT2D eigenvalue weighted by molar-refractivity contribution is -0.153. The van der Waals surface area contributed by atoms with E-state index < -0.39 is 22.8 Å². The lowest BCUT2D eigenvalue weighted by Crippen LogP contribution is -2.29. The van der Waals surface area contributed by atoms with Crippen LogP contribution in [0.5, 0.6) is 5.75 Å². The van der Waals surface area contributed by atoms with Crippen molar-refractivity contribution >= 4 is 16.9 Å². The molecule has 3 heterocycles. The van der Waals surface area contributed by atoms with Gasteiger partial charge in [0.2, 0.25) is 0 Å². The molecule has 0 bridgehead atoms. The molecule has 7 heteroatoms. The summed E-state index contributed by atoms with van der Waals surface area (Å²) in [6, 6.07) is 8.37. The second kappa shape index (κ2) is 5.82. The Labute approximate surface area is 149 Å². The van der Waals surface area contributed by atoms with E-state index in [-0.39, 0.29) is 18.6 Å². The van der Waals surface area contributed by atoms with E-state index in [0.29, 0.717) is 24.4 Å². The molecule has 0 saturated carbocycles. The highest BCUT2D eigenvalue weighted by atomic mass is 16.6. The van der Waals surface area contributed by atoms with Gasteiger partial charge >= 0.3 is 11.6 Å². The van der Waals surface area contributed by atoms with Crippen LogP contribution in [0.15, 0.2) is 39.5 Å². The standard InChI is InChI=1S/C19H20O7/c1-18(22)8-13(24-17(18)21)9-19(2)15(26-19)10-23-12-5-3-11-4-6-16(20)25-14(11)7-12/h3-7,13,15,22H,8-10H2,1-2H3/t13-,15+,18+,19-/m0/s1. The molecule has 2 fully saturated rings. The van der Waals surface area contributed by atoms with Crippen molar-refractivity contribution in [1.82, 2.24) is 0 Å². The summed E-state index contributed by atoms with van der Waals surface area (Å²) in [6.07, 6.45) is 0.282. The number of fused-ring (bicyclic) bond motifs is 1. The molecule has 0 amide bonds. The number of esters is 1. The Hall–Kier alpha value is -2.38. The smallest absolute Gasteiger partial charge is 0.338 e. The fourth-order valence-corrected chi connectivity index (χ4v) is 3.40. The molecule has 138 valence electrons. The Kier molecular flexibility index (Phi) is 3.82. The first kappa shape index (κ1) is 17.1. The highest BCUT2D eigenvalue weighted by molar-refractivity contribution is 5.81. The van der Waals surface area contributed by atoms with Crippen molar-refractivity contribution in [3.63, 3.8) is 0 Å². The molecule has 2 aliphatic heterocycles. The number of hydrogen-bond acceptors (Lipinski definition) is 7. The van der Waals surface area contributed by atoms with Gasteiger partial charge in [0, 0.05) is 30.4 Å². The second-order valence-electron chi connectivity index (χ2n) is 7.39. The quantitative estimate of drug-likeness (QED) is 0.493. The van der Waals surface area contributed by atoms with E-state index in [1.165, 1.54) is 13.0 Å². The van der Waals surface area contributed by atoms with Crippen LogP contribution in [0.4, 0.5) is 0 Å². The van der Waals surface area contributed by atoms with E-state index >= 15 is 0 Å². The van der Waals surface area contributed by atoms with Crippen molar-refractivity contribution in [2.24, 2.45) is 0 Å². The molecule has 1 aromatic heterocycles. The van der Waals surface area contributed by atoms with E-state index in [1.807, 2.05) is 13.0 Å². The van der Waals surface area contributed by atoms with Gasteiger partial charge in [-0.05, 0) is 32.0 Å². The minimum atomic E-state index is -1.42. The van der Waals surface area contributed by atoms with Crippen LogP contribution in [0.3, 0.4) is 0 Å². The van der Waals surface area contributed by atoms with Crippen LogP contribution in [0, 0.1) is 0 Å². The molecule has 26 heavy (non-hydrogen) atoms. The van der Waals surface area contributed by atoms with E-state index in [2.05, 4.69) is 0 Å². The Balaban J connectivity index is 1.35. The number of epoxide rings is 1. The summed E-state index contributed by atoms with van der Waals surface area (Å²) in [7, 11) is 0. The number of hydrogen-bond donors (Lipinski definition) is 1. The topological polar surface area (TPSA) is 98.5 Å². The summed E-state index contributed by atoms with van der Waals surface area (Å²) in [5, 5.41) is 10.7. The zero-order valence-corrected chi connectivity index (χ0v) is 14.6. The van der Waals surface area contributed by atoms with Gasteiger partial charge in [-0.15, -0.1) is 0 Å². The van der Waals surface area contributed by atoms with Crippen molar-refractivity contribution in [2.45, 2.75) is 50.1 Å². The maximum absolute atomic E-state index is 11.6. The monoisotopic (exact) mass is 360 g/mol. The average molecular weight is 360 g/mol. The van der Waals surface area contributed by atoms with Crippen molar-refractivity contribution < 1.29 is 28.5 Å². The van der Waals surface area contributed by atoms with Crippen molar-refractivity contribution in [3.05, 3.63) is 40.8 Å². The highest BCUT2D eigenvalue weighted by Gasteiger charge is 2.56.